The van der Waals surface area contributed by atoms with Gasteiger partial charge in [0.05, 0.1) is 41.1 Å². The van der Waals surface area contributed by atoms with Crippen molar-refractivity contribution in [2.24, 2.45) is 0 Å². The number of anilines is 2. The number of rotatable bonds is 6. The topological polar surface area (TPSA) is 114 Å². The van der Waals surface area contributed by atoms with E-state index in [0.29, 0.717) is 23.0 Å². The van der Waals surface area contributed by atoms with Gasteiger partial charge in [-0.3, -0.25) is 15.3 Å². The van der Waals surface area contributed by atoms with Crippen LogP contribution in [-0.4, -0.2) is 30.9 Å². The molecule has 5 rings (SSSR count). The molecule has 0 aliphatic rings. The molecule has 0 saturated heterocycles. The number of fused-ring (bicyclic) bond motifs is 1. The number of carbonyl (C=O) groups is 1. The molecule has 0 atom stereocenters. The molecule has 2 aromatic carbocycles. The first-order valence-electron chi connectivity index (χ1n) is 12.3. The first-order chi connectivity index (χ1) is 18.7. The maximum Gasteiger partial charge on any atom is 0.324 e. The summed E-state index contributed by atoms with van der Waals surface area (Å²) in [6, 6.07) is 17.9. The van der Waals surface area contributed by atoms with Crippen molar-refractivity contribution in [2.45, 2.75) is 32.8 Å². The van der Waals surface area contributed by atoms with Crippen molar-refractivity contribution in [3.05, 3.63) is 96.3 Å². The average molecular weight is 527 g/mol. The van der Waals surface area contributed by atoms with Gasteiger partial charge < -0.3 is 15.2 Å². The number of aromatic nitrogens is 4. The number of hydrogen-bond acceptors (Lipinski definition) is 6. The van der Waals surface area contributed by atoms with Gasteiger partial charge in [0.2, 0.25) is 0 Å². The van der Waals surface area contributed by atoms with Gasteiger partial charge in [-0.25, -0.2) is 13.9 Å². The van der Waals surface area contributed by atoms with E-state index < -0.39 is 11.8 Å². The number of aliphatic hydroxyl groups is 1. The second-order valence-electron chi connectivity index (χ2n) is 9.92. The Hall–Kier alpha value is -4.83. The minimum Gasteiger partial charge on any atom is -0.456 e. The molecule has 0 saturated carbocycles. The van der Waals surface area contributed by atoms with Gasteiger partial charge in [0.15, 0.2) is 0 Å². The molecule has 0 fully saturated rings. The van der Waals surface area contributed by atoms with Crippen LogP contribution in [0.4, 0.5) is 20.7 Å². The van der Waals surface area contributed by atoms with Gasteiger partial charge in [0, 0.05) is 29.1 Å². The second kappa shape index (κ2) is 10.5. The van der Waals surface area contributed by atoms with Crippen molar-refractivity contribution in [1.82, 2.24) is 19.7 Å². The summed E-state index contributed by atoms with van der Waals surface area (Å²) >= 11 is 0. The highest BCUT2D eigenvalue weighted by molar-refractivity contribution is 5.99. The number of urea groups is 1. The molecule has 5 aromatic rings. The van der Waals surface area contributed by atoms with Crippen LogP contribution in [0, 0.1) is 5.82 Å². The van der Waals surface area contributed by atoms with Gasteiger partial charge in [0.1, 0.15) is 23.1 Å². The number of nitrogens with zero attached hydrogens (tertiary/aromatic N) is 4. The number of amides is 2. The molecule has 3 aromatic heterocycles. The predicted octanol–water partition coefficient (Wildman–Crippen LogP) is 6.18. The van der Waals surface area contributed by atoms with Gasteiger partial charge in [-0.1, -0.05) is 26.8 Å². The second-order valence-corrected chi connectivity index (χ2v) is 9.92. The van der Waals surface area contributed by atoms with Crippen molar-refractivity contribution in [2.75, 3.05) is 10.6 Å². The number of nitrogens with one attached hydrogen (secondary N) is 2. The van der Waals surface area contributed by atoms with Crippen LogP contribution in [0.5, 0.6) is 11.5 Å². The van der Waals surface area contributed by atoms with E-state index >= 15 is 0 Å². The van der Waals surface area contributed by atoms with E-state index in [2.05, 4.69) is 20.6 Å². The van der Waals surface area contributed by atoms with Crippen molar-refractivity contribution in [1.29, 1.82) is 0 Å². The first kappa shape index (κ1) is 25.8. The van der Waals surface area contributed by atoms with Gasteiger partial charge in [0.25, 0.3) is 0 Å². The Morgan fingerprint density at radius 2 is 1.82 bits per heavy atom. The Labute approximate surface area is 224 Å². The molecule has 9 nitrogen and oxygen atoms in total. The summed E-state index contributed by atoms with van der Waals surface area (Å²) in [6.07, 6.45) is 3.18. The van der Waals surface area contributed by atoms with Gasteiger partial charge in [-0.2, -0.15) is 5.10 Å². The summed E-state index contributed by atoms with van der Waals surface area (Å²) in [5, 5.41) is 20.2. The fourth-order valence-corrected chi connectivity index (χ4v) is 3.86. The quantitative estimate of drug-likeness (QED) is 0.243. The Balaban J connectivity index is 1.39. The number of aliphatic hydroxyl groups excluding tert-OH is 1. The van der Waals surface area contributed by atoms with Crippen molar-refractivity contribution < 1.29 is 19.0 Å². The van der Waals surface area contributed by atoms with Gasteiger partial charge >= 0.3 is 6.03 Å². The normalized spacial score (nSPS) is 11.4. The molecule has 2 amide bonds. The molecular formula is C29H27FN6O3. The number of pyridine rings is 2. The maximum absolute atomic E-state index is 14.6. The number of halogens is 1. The van der Waals surface area contributed by atoms with E-state index in [9.17, 15) is 9.18 Å². The highest BCUT2D eigenvalue weighted by atomic mass is 19.1. The van der Waals surface area contributed by atoms with Crippen LogP contribution in [-0.2, 0) is 12.0 Å². The maximum atomic E-state index is 14.6. The third kappa shape index (κ3) is 5.86. The molecular weight excluding hydrogens is 499 g/mol. The summed E-state index contributed by atoms with van der Waals surface area (Å²) in [5.74, 6) is 0.495. The Kier molecular flexibility index (Phi) is 6.95. The number of carbonyl (C=O) groups excluding carboxylic acids is 1. The van der Waals surface area contributed by atoms with E-state index in [4.69, 9.17) is 14.9 Å². The zero-order chi connectivity index (χ0) is 27.6. The minimum absolute atomic E-state index is 0.0659. The number of hydrogen-bond donors (Lipinski definition) is 3. The first-order valence-corrected chi connectivity index (χ1v) is 12.3. The molecule has 0 bridgehead atoms. The van der Waals surface area contributed by atoms with E-state index in [1.54, 1.807) is 29.1 Å². The monoisotopic (exact) mass is 526 g/mol. The number of ether oxygens (including phenoxy) is 1. The van der Waals surface area contributed by atoms with Crippen LogP contribution in [0.2, 0.25) is 0 Å². The van der Waals surface area contributed by atoms with Crippen LogP contribution >= 0.6 is 0 Å². The standard InChI is InChI=1S/C29H27FN6O3/c1-29(2,3)26-15-27(36(35-26)20-7-11-24-18(13-20)5-4-12-31-24)34-28(38)33-25-14-21(9-10-23(25)30)39-22-8-6-19(17-37)32-16-22/h4-16,37H,17H2,1-3H3,(H2,33,34,38). The molecule has 0 unspecified atom stereocenters. The van der Waals surface area contributed by atoms with Crippen molar-refractivity contribution in [3.8, 4) is 17.2 Å². The third-order valence-electron chi connectivity index (χ3n) is 5.93. The summed E-state index contributed by atoms with van der Waals surface area (Å²) in [5.41, 5.74) is 2.50. The van der Waals surface area contributed by atoms with Crippen molar-refractivity contribution >= 4 is 28.4 Å². The lowest BCUT2D eigenvalue weighted by atomic mass is 9.92. The summed E-state index contributed by atoms with van der Waals surface area (Å²) in [4.78, 5) is 21.4. The molecule has 0 spiro atoms. The largest absolute Gasteiger partial charge is 0.456 e. The summed E-state index contributed by atoms with van der Waals surface area (Å²) in [7, 11) is 0. The molecule has 0 aliphatic heterocycles. The van der Waals surface area contributed by atoms with Crippen molar-refractivity contribution in [3.63, 3.8) is 0 Å². The van der Waals surface area contributed by atoms with Crippen LogP contribution in [0.15, 0.2) is 79.1 Å². The molecule has 0 aliphatic carbocycles. The van der Waals surface area contributed by atoms with E-state index in [1.165, 1.54) is 24.4 Å². The Bertz CT molecular complexity index is 1640. The van der Waals surface area contributed by atoms with Crippen LogP contribution in [0.3, 0.4) is 0 Å². The predicted molar refractivity (Wildman–Crippen MR) is 147 cm³/mol. The average Bonchev–Trinajstić information content (AvgIpc) is 3.35. The molecule has 3 heterocycles. The van der Waals surface area contributed by atoms with E-state index in [1.807, 2.05) is 51.1 Å². The lowest BCUT2D eigenvalue weighted by Crippen LogP contribution is -2.22. The fourth-order valence-electron chi connectivity index (χ4n) is 3.86. The van der Waals surface area contributed by atoms with Gasteiger partial charge in [-0.05, 0) is 48.5 Å². The minimum atomic E-state index is -0.649. The van der Waals surface area contributed by atoms with Crippen LogP contribution in [0.1, 0.15) is 32.2 Å². The fraction of sp³-hybridized carbons (Fsp3) is 0.172. The molecule has 39 heavy (non-hydrogen) atoms. The van der Waals surface area contributed by atoms with Gasteiger partial charge in [-0.15, -0.1) is 0 Å². The highest BCUT2D eigenvalue weighted by Gasteiger charge is 2.22. The smallest absolute Gasteiger partial charge is 0.324 e. The van der Waals surface area contributed by atoms with E-state index in [-0.39, 0.29) is 17.7 Å². The zero-order valence-electron chi connectivity index (χ0n) is 21.6. The lowest BCUT2D eigenvalue weighted by Gasteiger charge is -2.14. The van der Waals surface area contributed by atoms with E-state index in [0.717, 1.165) is 22.3 Å². The third-order valence-corrected chi connectivity index (χ3v) is 5.93. The Morgan fingerprint density at radius 1 is 1.00 bits per heavy atom. The number of benzene rings is 2. The van der Waals surface area contributed by atoms with Crippen LogP contribution < -0.4 is 15.4 Å². The van der Waals surface area contributed by atoms with Crippen LogP contribution in [0.25, 0.3) is 16.6 Å². The highest BCUT2D eigenvalue weighted by Crippen LogP contribution is 2.29. The molecule has 198 valence electrons. The molecule has 10 heteroatoms. The SMILES string of the molecule is CC(C)(C)c1cc(NC(=O)Nc2cc(Oc3ccc(CO)nc3)ccc2F)n(-c2ccc3ncccc3c2)n1. The summed E-state index contributed by atoms with van der Waals surface area (Å²) in [6.45, 7) is 5.90. The molecule has 3 N–H and O–H groups in total. The summed E-state index contributed by atoms with van der Waals surface area (Å²) < 4.78 is 22.0. The Morgan fingerprint density at radius 3 is 2.56 bits per heavy atom. The zero-order valence-corrected chi connectivity index (χ0v) is 21.6. The lowest BCUT2D eigenvalue weighted by molar-refractivity contribution is 0.262. The molecule has 0 radical (unpaired) electrons.